The van der Waals surface area contributed by atoms with Crippen molar-refractivity contribution in [3.05, 3.63) is 229 Å². The van der Waals surface area contributed by atoms with E-state index in [0.717, 1.165) is 22.7 Å². The first-order valence-corrected chi connectivity index (χ1v) is 28.5. The zero-order valence-electron chi connectivity index (χ0n) is 44.9. The minimum absolute atomic E-state index is 0.0521. The van der Waals surface area contributed by atoms with Crippen LogP contribution in [0.15, 0.2) is 206 Å². The third kappa shape index (κ3) is 10.3. The van der Waals surface area contributed by atoms with Gasteiger partial charge in [-0.1, -0.05) is 235 Å². The van der Waals surface area contributed by atoms with Crippen molar-refractivity contribution in [3.63, 3.8) is 0 Å². The van der Waals surface area contributed by atoms with Crippen molar-refractivity contribution in [2.75, 3.05) is 4.90 Å². The van der Waals surface area contributed by atoms with Crippen molar-refractivity contribution in [3.8, 4) is 50.2 Å². The lowest BCUT2D eigenvalue weighted by molar-refractivity contribution is 0.398. The summed E-state index contributed by atoms with van der Waals surface area (Å²) >= 11 is 0. The number of unbranched alkanes of at least 4 members (excludes halogenated alkanes) is 10. The number of anilines is 3. The van der Waals surface area contributed by atoms with Gasteiger partial charge in [0.15, 0.2) is 0 Å². The molecule has 2 nitrogen and oxygen atoms in total. The molecule has 0 saturated carbocycles. The fraction of sp³-hybridized carbons (Fsp3) is 0.260. The second-order valence-electron chi connectivity index (χ2n) is 21.7. The lowest BCUT2D eigenvalue weighted by Gasteiger charge is -2.33. The van der Waals surface area contributed by atoms with Gasteiger partial charge in [-0.15, -0.1) is 0 Å². The van der Waals surface area contributed by atoms with Gasteiger partial charge in [0.2, 0.25) is 0 Å². The molecule has 11 rings (SSSR count). The Hall–Kier alpha value is -7.42. The lowest BCUT2D eigenvalue weighted by Crippen LogP contribution is -2.25. The van der Waals surface area contributed by atoms with Crippen LogP contribution in [0.5, 0.6) is 0 Å². The van der Waals surface area contributed by atoms with Crippen LogP contribution in [0.3, 0.4) is 0 Å². The van der Waals surface area contributed by atoms with Crippen molar-refractivity contribution >= 4 is 38.9 Å². The molecule has 1 heterocycles. The van der Waals surface area contributed by atoms with Crippen LogP contribution in [0.25, 0.3) is 72.0 Å². The minimum Gasteiger partial charge on any atom is -0.311 e. The zero-order valence-corrected chi connectivity index (χ0v) is 44.9. The van der Waals surface area contributed by atoms with Gasteiger partial charge in [-0.05, 0) is 155 Å². The Kier molecular flexibility index (Phi) is 15.0. The Morgan fingerprint density at radius 3 is 1.47 bits per heavy atom. The van der Waals surface area contributed by atoms with Gasteiger partial charge in [0, 0.05) is 38.9 Å². The van der Waals surface area contributed by atoms with Crippen LogP contribution in [0, 0.1) is 13.8 Å². The van der Waals surface area contributed by atoms with Crippen molar-refractivity contribution < 1.29 is 0 Å². The van der Waals surface area contributed by atoms with Crippen molar-refractivity contribution in [1.82, 2.24) is 4.57 Å². The number of aryl methyl sites for hydroxylation is 2. The van der Waals surface area contributed by atoms with Crippen LogP contribution >= 0.6 is 0 Å². The van der Waals surface area contributed by atoms with E-state index in [1.165, 1.54) is 167 Å². The zero-order chi connectivity index (χ0) is 51.1. The Bertz CT molecular complexity index is 3510. The molecule has 0 amide bonds. The molecule has 1 aromatic heterocycles. The molecule has 0 N–H and O–H groups in total. The molecule has 0 radical (unpaired) electrons. The van der Waals surface area contributed by atoms with Gasteiger partial charge in [0.25, 0.3) is 0 Å². The van der Waals surface area contributed by atoms with Gasteiger partial charge in [0.05, 0.1) is 11.0 Å². The number of para-hydroxylation sites is 1. The quantitative estimate of drug-likeness (QED) is 0.0652. The van der Waals surface area contributed by atoms with E-state index in [9.17, 15) is 0 Å². The maximum atomic E-state index is 2.60. The van der Waals surface area contributed by atoms with Gasteiger partial charge in [-0.25, -0.2) is 0 Å². The smallest absolute Gasteiger partial charge is 0.0541 e. The summed E-state index contributed by atoms with van der Waals surface area (Å²) in [6.07, 6.45) is 18.4. The highest BCUT2D eigenvalue weighted by molar-refractivity contribution is 6.10. The highest BCUT2D eigenvalue weighted by Crippen LogP contribution is 2.55. The van der Waals surface area contributed by atoms with E-state index in [2.05, 4.69) is 243 Å². The fourth-order valence-electron chi connectivity index (χ4n) is 12.5. The summed E-state index contributed by atoms with van der Waals surface area (Å²) in [6, 6.07) is 77.6. The summed E-state index contributed by atoms with van der Waals surface area (Å²) in [5, 5.41) is 2.51. The molecule has 9 aromatic carbocycles. The Labute approximate surface area is 447 Å². The second kappa shape index (κ2) is 22.6. The molecule has 10 aromatic rings. The van der Waals surface area contributed by atoms with E-state index in [1.54, 1.807) is 11.1 Å². The van der Waals surface area contributed by atoms with E-state index < -0.39 is 0 Å². The van der Waals surface area contributed by atoms with Crippen LogP contribution < -0.4 is 4.90 Å². The SMILES string of the molecule is CCCCCCCCC1(CCCCCCCC)c2cc(C)ccc2-c2ccc(-c3ccc(N(c4ccc(C)cc4)c4ccc(-c5ccc6c(c5)c5ccccc5n6-c5cccc(-c6ccccc6)c5)cc4)cc3)cc21. The number of fused-ring (bicyclic) bond motifs is 6. The van der Waals surface area contributed by atoms with Gasteiger partial charge < -0.3 is 9.47 Å². The van der Waals surface area contributed by atoms with E-state index in [-0.39, 0.29) is 5.41 Å². The number of benzene rings is 9. The fourth-order valence-corrected chi connectivity index (χ4v) is 12.5. The number of aromatic nitrogens is 1. The van der Waals surface area contributed by atoms with Crippen molar-refractivity contribution in [2.45, 2.75) is 123 Å². The molecule has 0 fully saturated rings. The summed E-state index contributed by atoms with van der Waals surface area (Å²) in [4.78, 5) is 2.40. The highest BCUT2D eigenvalue weighted by atomic mass is 15.1. The summed E-state index contributed by atoms with van der Waals surface area (Å²) in [5.41, 5.74) is 23.2. The molecule has 0 aliphatic heterocycles. The Morgan fingerprint density at radius 1 is 0.347 bits per heavy atom. The monoisotopic (exact) mass is 979 g/mol. The summed E-state index contributed by atoms with van der Waals surface area (Å²) < 4.78 is 2.42. The maximum absolute atomic E-state index is 2.60. The van der Waals surface area contributed by atoms with Crippen LogP contribution in [0.2, 0.25) is 0 Å². The molecule has 0 unspecified atom stereocenters. The first-order chi connectivity index (χ1) is 36.9. The summed E-state index contributed by atoms with van der Waals surface area (Å²) in [6.45, 7) is 9.10. The molecule has 0 spiro atoms. The molecule has 75 heavy (non-hydrogen) atoms. The molecule has 1 aliphatic rings. The first kappa shape index (κ1) is 49.8. The van der Waals surface area contributed by atoms with Gasteiger partial charge in [-0.2, -0.15) is 0 Å². The van der Waals surface area contributed by atoms with Crippen molar-refractivity contribution in [1.29, 1.82) is 0 Å². The van der Waals surface area contributed by atoms with E-state index in [0.29, 0.717) is 0 Å². The highest BCUT2D eigenvalue weighted by Gasteiger charge is 2.42. The standard InChI is InChI=1S/C73H74N2/c1-5-7-9-11-13-20-47-73(48-21-14-12-10-8-6-2)69-49-54(4)31-44-65(69)66-45-36-60(52-70(66)73)57-34-42-63(43-35-57)74(61-38-29-53(3)30-39-61)62-40-32-56(33-41-62)59-37-46-72-68(51-59)67-27-18-19-28-71(67)75(72)64-26-22-25-58(50-64)55-23-16-15-17-24-55/h15-19,22-46,49-52H,5-14,20-21,47-48H2,1-4H3. The van der Waals surface area contributed by atoms with E-state index in [1.807, 2.05) is 0 Å². The number of hydrogen-bond donors (Lipinski definition) is 0. The number of hydrogen-bond acceptors (Lipinski definition) is 1. The average Bonchev–Trinajstić information content (AvgIpc) is 3.94. The van der Waals surface area contributed by atoms with Gasteiger partial charge in [0.1, 0.15) is 0 Å². The molecule has 0 saturated heterocycles. The largest absolute Gasteiger partial charge is 0.311 e. The Balaban J connectivity index is 0.904. The molecular weight excluding hydrogens is 905 g/mol. The first-order valence-electron chi connectivity index (χ1n) is 28.5. The minimum atomic E-state index is 0.0521. The third-order valence-corrected chi connectivity index (χ3v) is 16.5. The molecular formula is C73H74N2. The molecule has 2 heteroatoms. The molecule has 1 aliphatic carbocycles. The van der Waals surface area contributed by atoms with Crippen LogP contribution in [-0.2, 0) is 5.41 Å². The normalized spacial score (nSPS) is 12.6. The van der Waals surface area contributed by atoms with Crippen LogP contribution in [0.1, 0.15) is 126 Å². The maximum Gasteiger partial charge on any atom is 0.0541 e. The van der Waals surface area contributed by atoms with Gasteiger partial charge >= 0.3 is 0 Å². The topological polar surface area (TPSA) is 8.17 Å². The molecule has 376 valence electrons. The van der Waals surface area contributed by atoms with Gasteiger partial charge in [-0.3, -0.25) is 0 Å². The number of rotatable bonds is 21. The predicted octanol–water partition coefficient (Wildman–Crippen LogP) is 21.6. The molecule has 0 atom stereocenters. The van der Waals surface area contributed by atoms with E-state index >= 15 is 0 Å². The van der Waals surface area contributed by atoms with Crippen LogP contribution in [-0.4, -0.2) is 4.57 Å². The van der Waals surface area contributed by atoms with Crippen molar-refractivity contribution in [2.24, 2.45) is 0 Å². The predicted molar refractivity (Wildman–Crippen MR) is 323 cm³/mol. The second-order valence-corrected chi connectivity index (χ2v) is 21.7. The van der Waals surface area contributed by atoms with E-state index in [4.69, 9.17) is 0 Å². The summed E-state index contributed by atoms with van der Waals surface area (Å²) in [7, 11) is 0. The number of nitrogens with zero attached hydrogens (tertiary/aromatic N) is 2. The lowest BCUT2D eigenvalue weighted by atomic mass is 9.70. The summed E-state index contributed by atoms with van der Waals surface area (Å²) in [5.74, 6) is 0. The van der Waals surface area contributed by atoms with Crippen LogP contribution in [0.4, 0.5) is 17.1 Å². The molecule has 0 bridgehead atoms. The Morgan fingerprint density at radius 2 is 0.813 bits per heavy atom. The average molecular weight is 979 g/mol. The third-order valence-electron chi connectivity index (χ3n) is 16.5.